The summed E-state index contributed by atoms with van der Waals surface area (Å²) < 4.78 is 0. The van der Waals surface area contributed by atoms with E-state index in [1.165, 1.54) is 11.3 Å². The van der Waals surface area contributed by atoms with E-state index < -0.39 is 0 Å². The van der Waals surface area contributed by atoms with Crippen molar-refractivity contribution in [2.45, 2.75) is 19.8 Å². The van der Waals surface area contributed by atoms with Crippen molar-refractivity contribution in [3.05, 3.63) is 40.4 Å². The van der Waals surface area contributed by atoms with Gasteiger partial charge >= 0.3 is 0 Å². The zero-order valence-corrected chi connectivity index (χ0v) is 15.4. The number of amides is 1. The number of hydrogen-bond acceptors (Lipinski definition) is 4. The van der Waals surface area contributed by atoms with Gasteiger partial charge in [-0.05, 0) is 37.9 Å². The van der Waals surface area contributed by atoms with Crippen molar-refractivity contribution >= 4 is 28.8 Å². The van der Waals surface area contributed by atoms with Gasteiger partial charge in [0, 0.05) is 24.0 Å². The third-order valence-corrected chi connectivity index (χ3v) is 5.62. The highest BCUT2D eigenvalue weighted by Crippen LogP contribution is 2.30. The van der Waals surface area contributed by atoms with Crippen LogP contribution in [0.2, 0.25) is 5.02 Å². The van der Waals surface area contributed by atoms with Crippen LogP contribution in [0.3, 0.4) is 0 Å². The fraction of sp³-hybridized carbons (Fsp3) is 0.444. The highest BCUT2D eigenvalue weighted by Gasteiger charge is 2.25. The van der Waals surface area contributed by atoms with Crippen molar-refractivity contribution in [1.82, 2.24) is 15.2 Å². The number of likely N-dealkylation sites (tertiary alicyclic amines) is 1. The van der Waals surface area contributed by atoms with Gasteiger partial charge in [-0.25, -0.2) is 4.98 Å². The normalized spacial score (nSPS) is 15.7. The van der Waals surface area contributed by atoms with Crippen LogP contribution in [0.15, 0.2) is 29.6 Å². The largest absolute Gasteiger partial charge is 0.337 e. The van der Waals surface area contributed by atoms with Gasteiger partial charge in [0.25, 0.3) is 5.91 Å². The van der Waals surface area contributed by atoms with Crippen LogP contribution in [-0.2, 0) is 0 Å². The van der Waals surface area contributed by atoms with E-state index in [0.717, 1.165) is 49.6 Å². The molecule has 2 aromatic rings. The van der Waals surface area contributed by atoms with Crippen LogP contribution in [0.25, 0.3) is 10.6 Å². The summed E-state index contributed by atoms with van der Waals surface area (Å²) in [5.41, 5.74) is 1.41. The first-order chi connectivity index (χ1) is 11.7. The highest BCUT2D eigenvalue weighted by atomic mass is 35.5. The standard InChI is InChI=1S/C18H22ClN3OS/c1-2-20-11-13-7-9-22(10-8-13)18(23)16-12-24-17(21-16)14-5-3-4-6-15(14)19/h3-6,12-13,20H,2,7-11H2,1H3. The summed E-state index contributed by atoms with van der Waals surface area (Å²) in [5.74, 6) is 0.703. The number of nitrogens with one attached hydrogen (secondary N) is 1. The first kappa shape index (κ1) is 17.4. The molecule has 0 aliphatic carbocycles. The fourth-order valence-electron chi connectivity index (χ4n) is 2.98. The molecule has 0 spiro atoms. The molecule has 0 radical (unpaired) electrons. The molecule has 1 amide bonds. The van der Waals surface area contributed by atoms with E-state index in [-0.39, 0.29) is 5.91 Å². The van der Waals surface area contributed by atoms with Crippen LogP contribution in [0.4, 0.5) is 0 Å². The minimum absolute atomic E-state index is 0.0338. The van der Waals surface area contributed by atoms with E-state index in [2.05, 4.69) is 17.2 Å². The van der Waals surface area contributed by atoms with E-state index in [1.807, 2.05) is 34.5 Å². The van der Waals surface area contributed by atoms with Gasteiger partial charge in [-0.3, -0.25) is 4.79 Å². The third kappa shape index (κ3) is 3.97. The molecule has 3 rings (SSSR count). The number of piperidine rings is 1. The molecule has 0 saturated carbocycles. The van der Waals surface area contributed by atoms with Crippen molar-refractivity contribution in [3.8, 4) is 10.6 Å². The minimum Gasteiger partial charge on any atom is -0.337 e. The molecule has 4 nitrogen and oxygen atoms in total. The van der Waals surface area contributed by atoms with Crippen molar-refractivity contribution in [1.29, 1.82) is 0 Å². The van der Waals surface area contributed by atoms with E-state index in [1.54, 1.807) is 0 Å². The van der Waals surface area contributed by atoms with Crippen LogP contribution in [0, 0.1) is 5.92 Å². The topological polar surface area (TPSA) is 45.2 Å². The highest BCUT2D eigenvalue weighted by molar-refractivity contribution is 7.13. The Morgan fingerprint density at radius 3 is 2.83 bits per heavy atom. The number of carbonyl (C=O) groups excluding carboxylic acids is 1. The molecule has 1 aliphatic rings. The maximum Gasteiger partial charge on any atom is 0.273 e. The van der Waals surface area contributed by atoms with Gasteiger partial charge in [0.15, 0.2) is 0 Å². The molecular weight excluding hydrogens is 342 g/mol. The van der Waals surface area contributed by atoms with Gasteiger partial charge in [0.2, 0.25) is 0 Å². The summed E-state index contributed by atoms with van der Waals surface area (Å²) in [6, 6.07) is 7.60. The second-order valence-electron chi connectivity index (χ2n) is 6.06. The summed E-state index contributed by atoms with van der Waals surface area (Å²) >= 11 is 7.69. The summed E-state index contributed by atoms with van der Waals surface area (Å²) in [6.45, 7) is 5.80. The number of nitrogens with zero attached hydrogens (tertiary/aromatic N) is 2. The molecule has 6 heteroatoms. The maximum atomic E-state index is 12.7. The zero-order valence-electron chi connectivity index (χ0n) is 13.8. The number of aromatic nitrogens is 1. The van der Waals surface area contributed by atoms with Gasteiger partial charge in [-0.15, -0.1) is 11.3 Å². The van der Waals surface area contributed by atoms with Crippen LogP contribution >= 0.6 is 22.9 Å². The van der Waals surface area contributed by atoms with Gasteiger partial charge in [-0.2, -0.15) is 0 Å². The number of hydrogen-bond donors (Lipinski definition) is 1. The second-order valence-corrected chi connectivity index (χ2v) is 7.33. The van der Waals surface area contributed by atoms with E-state index >= 15 is 0 Å². The molecule has 2 heterocycles. The monoisotopic (exact) mass is 363 g/mol. The molecule has 1 aliphatic heterocycles. The van der Waals surface area contributed by atoms with E-state index in [9.17, 15) is 4.79 Å². The first-order valence-corrected chi connectivity index (χ1v) is 9.65. The van der Waals surface area contributed by atoms with Gasteiger partial charge in [0.05, 0.1) is 5.02 Å². The van der Waals surface area contributed by atoms with Crippen molar-refractivity contribution in [2.24, 2.45) is 5.92 Å². The molecule has 1 N–H and O–H groups in total. The second kappa shape index (κ2) is 8.10. The summed E-state index contributed by atoms with van der Waals surface area (Å²) in [6.07, 6.45) is 2.11. The summed E-state index contributed by atoms with van der Waals surface area (Å²) in [7, 11) is 0. The lowest BCUT2D eigenvalue weighted by molar-refractivity contribution is 0.0685. The van der Waals surface area contributed by atoms with E-state index in [4.69, 9.17) is 11.6 Å². The van der Waals surface area contributed by atoms with Gasteiger partial charge in [-0.1, -0.05) is 36.7 Å². The molecule has 1 aromatic carbocycles. The van der Waals surface area contributed by atoms with Crippen molar-refractivity contribution in [3.63, 3.8) is 0 Å². The summed E-state index contributed by atoms with van der Waals surface area (Å²) in [4.78, 5) is 19.1. The SMILES string of the molecule is CCNCC1CCN(C(=O)c2csc(-c3ccccc3Cl)n2)CC1. The smallest absolute Gasteiger partial charge is 0.273 e. The van der Waals surface area contributed by atoms with E-state index in [0.29, 0.717) is 16.6 Å². The number of halogens is 1. The van der Waals surface area contributed by atoms with Crippen molar-refractivity contribution < 1.29 is 4.79 Å². The molecule has 24 heavy (non-hydrogen) atoms. The van der Waals surface area contributed by atoms with Gasteiger partial charge in [0.1, 0.15) is 10.7 Å². The molecule has 1 aromatic heterocycles. The van der Waals surface area contributed by atoms with Crippen molar-refractivity contribution in [2.75, 3.05) is 26.2 Å². The number of thiazole rings is 1. The Morgan fingerprint density at radius 1 is 1.38 bits per heavy atom. The lowest BCUT2D eigenvalue weighted by atomic mass is 9.96. The molecule has 1 saturated heterocycles. The molecular formula is C18H22ClN3OS. The number of rotatable bonds is 5. The Labute approximate surface area is 151 Å². The van der Waals surface area contributed by atoms with Gasteiger partial charge < -0.3 is 10.2 Å². The zero-order chi connectivity index (χ0) is 16.9. The predicted octanol–water partition coefficient (Wildman–Crippen LogP) is 3.93. The Morgan fingerprint density at radius 2 is 2.12 bits per heavy atom. The minimum atomic E-state index is 0.0338. The number of carbonyl (C=O) groups is 1. The Bertz CT molecular complexity index is 695. The first-order valence-electron chi connectivity index (χ1n) is 8.39. The fourth-order valence-corrected chi connectivity index (χ4v) is 4.10. The lowest BCUT2D eigenvalue weighted by Gasteiger charge is -2.31. The quantitative estimate of drug-likeness (QED) is 0.875. The molecule has 0 unspecified atom stereocenters. The average Bonchev–Trinajstić information content (AvgIpc) is 3.10. The Hall–Kier alpha value is -1.43. The van der Waals surface area contributed by atoms with Crippen LogP contribution < -0.4 is 5.32 Å². The molecule has 0 bridgehead atoms. The molecule has 0 atom stereocenters. The van der Waals surface area contributed by atoms with Crippen LogP contribution in [0.1, 0.15) is 30.3 Å². The third-order valence-electron chi connectivity index (χ3n) is 4.41. The maximum absolute atomic E-state index is 12.7. The lowest BCUT2D eigenvalue weighted by Crippen LogP contribution is -2.40. The van der Waals surface area contributed by atoms with Crippen LogP contribution in [0.5, 0.6) is 0 Å². The molecule has 128 valence electrons. The summed E-state index contributed by atoms with van der Waals surface area (Å²) in [5, 5.41) is 6.69. The van der Waals surface area contributed by atoms with Crippen LogP contribution in [-0.4, -0.2) is 42.0 Å². The number of benzene rings is 1. The predicted molar refractivity (Wildman–Crippen MR) is 99.7 cm³/mol. The molecule has 1 fully saturated rings. The Balaban J connectivity index is 1.64. The average molecular weight is 364 g/mol. The Kier molecular flexibility index (Phi) is 5.87.